The number of esters is 1. The lowest BCUT2D eigenvalue weighted by molar-refractivity contribution is -0.368. The average molecular weight is 358 g/mol. The van der Waals surface area contributed by atoms with E-state index in [1.165, 1.54) is 6.92 Å². The molecular formula is C10H9F7O6. The molecule has 13 heteroatoms. The molecule has 0 amide bonds. The Morgan fingerprint density at radius 1 is 1.04 bits per heavy atom. The molecule has 2 fully saturated rings. The first-order valence-corrected chi connectivity index (χ1v) is 5.93. The molecule has 2 saturated heterocycles. The first-order valence-electron chi connectivity index (χ1n) is 5.93. The zero-order chi connectivity index (χ0) is 17.7. The van der Waals surface area contributed by atoms with Crippen LogP contribution >= 0.6 is 0 Å². The van der Waals surface area contributed by atoms with Crippen LogP contribution in [0.4, 0.5) is 30.7 Å². The lowest BCUT2D eigenvalue weighted by atomic mass is 10.2. The minimum absolute atomic E-state index is 0.0294. The van der Waals surface area contributed by atoms with Crippen LogP contribution in [0.1, 0.15) is 6.92 Å². The molecule has 2 aliphatic heterocycles. The topological polar surface area (TPSA) is 63.2 Å². The number of rotatable bonds is 3. The van der Waals surface area contributed by atoms with Crippen LogP contribution in [0.3, 0.4) is 0 Å². The van der Waals surface area contributed by atoms with Gasteiger partial charge in [0.05, 0.1) is 13.2 Å². The summed E-state index contributed by atoms with van der Waals surface area (Å²) in [5, 5.41) is 0. The Balaban J connectivity index is 2.22. The van der Waals surface area contributed by atoms with E-state index in [0.29, 0.717) is 0 Å². The number of ether oxygens (including phenoxy) is 5. The minimum atomic E-state index is -6.06. The van der Waals surface area contributed by atoms with Crippen LogP contribution in [-0.4, -0.2) is 55.8 Å². The number of halogens is 7. The molecule has 0 N–H and O–H groups in total. The van der Waals surface area contributed by atoms with Gasteiger partial charge in [0.2, 0.25) is 0 Å². The van der Waals surface area contributed by atoms with E-state index in [1.807, 2.05) is 0 Å². The second kappa shape index (κ2) is 5.16. The molecule has 6 nitrogen and oxygen atoms in total. The Bertz CT molecular complexity index is 469. The van der Waals surface area contributed by atoms with Crippen molar-refractivity contribution in [3.8, 4) is 0 Å². The summed E-state index contributed by atoms with van der Waals surface area (Å²) < 4.78 is 110. The molecule has 0 aromatic carbocycles. The number of alkyl halides is 7. The normalized spacial score (nSPS) is 27.8. The molecule has 0 atom stereocenters. The van der Waals surface area contributed by atoms with Crippen LogP contribution in [0, 0.1) is 0 Å². The third kappa shape index (κ3) is 2.97. The first kappa shape index (κ1) is 18.2. The fraction of sp³-hybridized carbons (Fsp3) is 0.900. The quantitative estimate of drug-likeness (QED) is 0.566. The van der Waals surface area contributed by atoms with E-state index in [-0.39, 0.29) is 13.2 Å². The van der Waals surface area contributed by atoms with Crippen molar-refractivity contribution in [1.29, 1.82) is 0 Å². The van der Waals surface area contributed by atoms with Gasteiger partial charge in [0.1, 0.15) is 6.61 Å². The summed E-state index contributed by atoms with van der Waals surface area (Å²) in [5.41, 5.74) is 0. The molecule has 0 radical (unpaired) electrons. The molecule has 23 heavy (non-hydrogen) atoms. The predicted molar refractivity (Wildman–Crippen MR) is 52.1 cm³/mol. The summed E-state index contributed by atoms with van der Waals surface area (Å²) >= 11 is 0. The van der Waals surface area contributed by atoms with E-state index in [9.17, 15) is 35.5 Å². The second-order valence-electron chi connectivity index (χ2n) is 4.76. The maximum absolute atomic E-state index is 12.9. The number of carbonyl (C=O) groups excluding carboxylic acids is 1. The van der Waals surface area contributed by atoms with Crippen LogP contribution in [0.5, 0.6) is 0 Å². The molecule has 2 rings (SSSR count). The van der Waals surface area contributed by atoms with Crippen molar-refractivity contribution in [3.05, 3.63) is 0 Å². The molecule has 0 aromatic rings. The standard InChI is InChI=1S/C10H9F7O6/c1-6(20-2-3-21-6)4-19-5(18)7(8(11,12)13)22-9(14,15)10(16,17)23-7/h2-4H2,1H3. The summed E-state index contributed by atoms with van der Waals surface area (Å²) in [4.78, 5) is 11.5. The summed E-state index contributed by atoms with van der Waals surface area (Å²) in [6.45, 7) is 0.240. The summed E-state index contributed by atoms with van der Waals surface area (Å²) in [5.74, 6) is -9.26. The molecule has 0 spiro atoms. The van der Waals surface area contributed by atoms with Crippen molar-refractivity contribution in [3.63, 3.8) is 0 Å². The van der Waals surface area contributed by atoms with E-state index in [2.05, 4.69) is 14.2 Å². The Labute approximate surface area is 123 Å². The SMILES string of the molecule is CC1(COC(=O)C2(C(F)(F)F)OC(F)(F)C(F)(F)O2)OCCO1. The Morgan fingerprint density at radius 3 is 1.87 bits per heavy atom. The van der Waals surface area contributed by atoms with Crippen molar-refractivity contribution >= 4 is 5.97 Å². The Hall–Kier alpha value is -1.18. The van der Waals surface area contributed by atoms with Gasteiger partial charge in [0.25, 0.3) is 0 Å². The largest absolute Gasteiger partial charge is 0.456 e. The van der Waals surface area contributed by atoms with E-state index in [0.717, 1.165) is 0 Å². The van der Waals surface area contributed by atoms with Crippen molar-refractivity contribution < 1.29 is 59.2 Å². The highest BCUT2D eigenvalue weighted by Crippen LogP contribution is 2.54. The number of carbonyl (C=O) groups is 1. The highest BCUT2D eigenvalue weighted by Gasteiger charge is 2.83. The molecule has 0 saturated carbocycles. The van der Waals surface area contributed by atoms with Gasteiger partial charge in [-0.05, 0) is 6.92 Å². The van der Waals surface area contributed by atoms with Gasteiger partial charge in [-0.25, -0.2) is 4.79 Å². The highest BCUT2D eigenvalue weighted by molar-refractivity contribution is 5.79. The lowest BCUT2D eigenvalue weighted by Crippen LogP contribution is -2.56. The highest BCUT2D eigenvalue weighted by atomic mass is 19.4. The predicted octanol–water partition coefficient (Wildman–Crippen LogP) is 1.78. The van der Waals surface area contributed by atoms with Gasteiger partial charge >= 0.3 is 30.1 Å². The van der Waals surface area contributed by atoms with Gasteiger partial charge in [0.15, 0.2) is 5.79 Å². The van der Waals surface area contributed by atoms with E-state index < -0.39 is 42.5 Å². The Morgan fingerprint density at radius 2 is 1.48 bits per heavy atom. The minimum Gasteiger partial charge on any atom is -0.456 e. The van der Waals surface area contributed by atoms with E-state index in [1.54, 1.807) is 0 Å². The van der Waals surface area contributed by atoms with Gasteiger partial charge in [-0.15, -0.1) is 0 Å². The van der Waals surface area contributed by atoms with Crippen LogP contribution in [0.2, 0.25) is 0 Å². The summed E-state index contributed by atoms with van der Waals surface area (Å²) in [6.07, 6.45) is -17.4. The number of hydrogen-bond acceptors (Lipinski definition) is 6. The molecule has 0 unspecified atom stereocenters. The van der Waals surface area contributed by atoms with Crippen LogP contribution < -0.4 is 0 Å². The molecule has 2 heterocycles. The smallest absolute Gasteiger partial charge is 0.455 e. The monoisotopic (exact) mass is 358 g/mol. The van der Waals surface area contributed by atoms with Crippen molar-refractivity contribution in [2.45, 2.75) is 36.9 Å². The zero-order valence-corrected chi connectivity index (χ0v) is 11.2. The molecule has 2 aliphatic rings. The third-order valence-electron chi connectivity index (χ3n) is 2.89. The fourth-order valence-corrected chi connectivity index (χ4v) is 1.75. The molecule has 134 valence electrons. The van der Waals surface area contributed by atoms with Gasteiger partial charge in [0, 0.05) is 0 Å². The van der Waals surface area contributed by atoms with Crippen LogP contribution in [0.25, 0.3) is 0 Å². The van der Waals surface area contributed by atoms with Crippen molar-refractivity contribution in [2.24, 2.45) is 0 Å². The van der Waals surface area contributed by atoms with Crippen molar-refractivity contribution in [1.82, 2.24) is 0 Å². The maximum atomic E-state index is 12.9. The molecular weight excluding hydrogens is 349 g/mol. The third-order valence-corrected chi connectivity index (χ3v) is 2.89. The second-order valence-corrected chi connectivity index (χ2v) is 4.76. The zero-order valence-electron chi connectivity index (χ0n) is 11.2. The van der Waals surface area contributed by atoms with Gasteiger partial charge in [-0.1, -0.05) is 0 Å². The van der Waals surface area contributed by atoms with E-state index >= 15 is 0 Å². The van der Waals surface area contributed by atoms with Crippen molar-refractivity contribution in [2.75, 3.05) is 19.8 Å². The lowest BCUT2D eigenvalue weighted by Gasteiger charge is -2.28. The molecule has 0 bridgehead atoms. The summed E-state index contributed by atoms with van der Waals surface area (Å²) in [7, 11) is 0. The first-order chi connectivity index (χ1) is 10.2. The van der Waals surface area contributed by atoms with Gasteiger partial charge < -0.3 is 14.2 Å². The van der Waals surface area contributed by atoms with Gasteiger partial charge in [-0.3, -0.25) is 9.47 Å². The van der Waals surface area contributed by atoms with Gasteiger partial charge in [-0.2, -0.15) is 30.7 Å². The maximum Gasteiger partial charge on any atom is 0.455 e. The number of hydrogen-bond donors (Lipinski definition) is 0. The van der Waals surface area contributed by atoms with E-state index in [4.69, 9.17) is 9.47 Å². The molecule has 0 aliphatic carbocycles. The van der Waals surface area contributed by atoms with Crippen LogP contribution in [-0.2, 0) is 28.5 Å². The molecule has 0 aromatic heterocycles. The average Bonchev–Trinajstić information content (AvgIpc) is 2.87. The Kier molecular flexibility index (Phi) is 4.07. The fourth-order valence-electron chi connectivity index (χ4n) is 1.75. The van der Waals surface area contributed by atoms with Crippen LogP contribution in [0.15, 0.2) is 0 Å². The summed E-state index contributed by atoms with van der Waals surface area (Å²) in [6, 6.07) is 0.